The number of hydrogen-bond donors (Lipinski definition) is 1. The number of carbonyl (C=O) groups excluding carboxylic acids is 1. The van der Waals surface area contributed by atoms with E-state index >= 15 is 0 Å². The smallest absolute Gasteiger partial charge is 0.275 e. The second-order valence-electron chi connectivity index (χ2n) is 6.96. The molecule has 1 aliphatic rings. The maximum atomic E-state index is 13.1. The quantitative estimate of drug-likeness (QED) is 0.739. The van der Waals surface area contributed by atoms with Crippen LogP contribution in [0.15, 0.2) is 64.4 Å². The number of aliphatic hydroxyl groups excluding tert-OH is 1. The molecule has 29 heavy (non-hydrogen) atoms. The predicted octanol–water partition coefficient (Wildman–Crippen LogP) is 2.29. The minimum Gasteiger partial charge on any atom is -0.497 e. The van der Waals surface area contributed by atoms with E-state index in [1.54, 1.807) is 50.0 Å². The Kier molecular flexibility index (Phi) is 4.68. The number of aliphatic imine (C=N–C) groups is 1. The summed E-state index contributed by atoms with van der Waals surface area (Å²) in [5, 5.41) is 10.6. The van der Waals surface area contributed by atoms with Crippen molar-refractivity contribution in [1.29, 1.82) is 0 Å². The first-order valence-corrected chi connectivity index (χ1v) is 9.23. The lowest BCUT2D eigenvalue weighted by Crippen LogP contribution is -2.52. The van der Waals surface area contributed by atoms with Crippen LogP contribution in [-0.2, 0) is 11.8 Å². The monoisotopic (exact) mass is 391 g/mol. The molecule has 7 nitrogen and oxygen atoms in total. The molecule has 7 heteroatoms. The summed E-state index contributed by atoms with van der Waals surface area (Å²) in [6.45, 7) is 1.77. The highest BCUT2D eigenvalue weighted by Crippen LogP contribution is 2.34. The number of aliphatic hydroxyl groups is 1. The van der Waals surface area contributed by atoms with Gasteiger partial charge in [0.15, 0.2) is 5.78 Å². The number of nitrogens with zero attached hydrogens (tertiary/aromatic N) is 3. The third kappa shape index (κ3) is 3.00. The molecule has 3 aromatic rings. The van der Waals surface area contributed by atoms with E-state index in [0.717, 1.165) is 0 Å². The van der Waals surface area contributed by atoms with Crippen LogP contribution in [0.1, 0.15) is 17.2 Å². The highest BCUT2D eigenvalue weighted by molar-refractivity contribution is 6.51. The van der Waals surface area contributed by atoms with Crippen molar-refractivity contribution < 1.29 is 14.6 Å². The van der Waals surface area contributed by atoms with Gasteiger partial charge < -0.3 is 9.84 Å². The van der Waals surface area contributed by atoms with Crippen LogP contribution in [0.25, 0.3) is 5.69 Å². The third-order valence-electron chi connectivity index (χ3n) is 5.36. The average Bonchev–Trinajstić information content (AvgIpc) is 2.96. The lowest BCUT2D eigenvalue weighted by atomic mass is 9.73. The Hall–Kier alpha value is -3.45. The lowest BCUT2D eigenvalue weighted by Gasteiger charge is -2.31. The minimum absolute atomic E-state index is 0.0640. The fourth-order valence-electron chi connectivity index (χ4n) is 3.66. The first-order chi connectivity index (χ1) is 13.9. The van der Waals surface area contributed by atoms with E-state index in [9.17, 15) is 14.7 Å². The van der Waals surface area contributed by atoms with E-state index in [0.29, 0.717) is 28.4 Å². The van der Waals surface area contributed by atoms with Crippen molar-refractivity contribution in [3.63, 3.8) is 0 Å². The predicted molar refractivity (Wildman–Crippen MR) is 110 cm³/mol. The molecule has 0 spiro atoms. The van der Waals surface area contributed by atoms with E-state index in [1.807, 2.05) is 30.3 Å². The van der Waals surface area contributed by atoms with Crippen LogP contribution in [0, 0.1) is 6.92 Å². The van der Waals surface area contributed by atoms with Crippen LogP contribution in [0.3, 0.4) is 0 Å². The molecule has 148 valence electrons. The Morgan fingerprint density at radius 1 is 1.03 bits per heavy atom. The van der Waals surface area contributed by atoms with Gasteiger partial charge in [-0.2, -0.15) is 0 Å². The van der Waals surface area contributed by atoms with Crippen LogP contribution >= 0.6 is 0 Å². The molecule has 0 radical (unpaired) electrons. The highest BCUT2D eigenvalue weighted by atomic mass is 16.5. The lowest BCUT2D eigenvalue weighted by molar-refractivity contribution is -0.120. The number of benzene rings is 2. The number of ether oxygens (including phenoxy) is 1. The summed E-state index contributed by atoms with van der Waals surface area (Å²) in [5.74, 6) is -0.566. The van der Waals surface area contributed by atoms with Gasteiger partial charge in [0, 0.05) is 12.7 Å². The fourth-order valence-corrected chi connectivity index (χ4v) is 3.66. The molecule has 2 atom stereocenters. The van der Waals surface area contributed by atoms with Crippen LogP contribution < -0.4 is 10.3 Å². The highest BCUT2D eigenvalue weighted by Gasteiger charge is 2.49. The molecule has 1 heterocycles. The molecule has 2 unspecified atom stereocenters. The van der Waals surface area contributed by atoms with E-state index in [2.05, 4.69) is 4.99 Å². The topological polar surface area (TPSA) is 85.8 Å². The maximum absolute atomic E-state index is 13.1. The van der Waals surface area contributed by atoms with Gasteiger partial charge in [-0.3, -0.25) is 14.3 Å². The summed E-state index contributed by atoms with van der Waals surface area (Å²) in [6.07, 6.45) is -1.12. The van der Waals surface area contributed by atoms with Gasteiger partial charge in [-0.05, 0) is 43.3 Å². The van der Waals surface area contributed by atoms with Crippen LogP contribution in [0.5, 0.6) is 5.75 Å². The molecule has 1 saturated carbocycles. The Balaban J connectivity index is 1.69. The number of hydrogen-bond acceptors (Lipinski definition) is 5. The summed E-state index contributed by atoms with van der Waals surface area (Å²) >= 11 is 0. The molecule has 0 saturated heterocycles. The van der Waals surface area contributed by atoms with E-state index < -0.39 is 12.0 Å². The van der Waals surface area contributed by atoms with Gasteiger partial charge in [0.05, 0.1) is 30.0 Å². The second-order valence-corrected chi connectivity index (χ2v) is 6.96. The van der Waals surface area contributed by atoms with Gasteiger partial charge in [-0.1, -0.05) is 18.2 Å². The molecule has 0 aliphatic heterocycles. The zero-order chi connectivity index (χ0) is 20.7. The number of carbonyl (C=O) groups is 1. The minimum atomic E-state index is -1.12. The number of para-hydroxylation sites is 1. The third-order valence-corrected chi connectivity index (χ3v) is 5.36. The molecular formula is C22H21N3O4. The Bertz CT molecular complexity index is 1160. The molecule has 1 fully saturated rings. The number of ketones is 1. The zero-order valence-electron chi connectivity index (χ0n) is 16.4. The van der Waals surface area contributed by atoms with Crippen LogP contribution in [-0.4, -0.2) is 39.2 Å². The van der Waals surface area contributed by atoms with E-state index in [1.165, 1.54) is 4.68 Å². The van der Waals surface area contributed by atoms with Crippen molar-refractivity contribution in [3.8, 4) is 11.4 Å². The van der Waals surface area contributed by atoms with Gasteiger partial charge in [-0.25, -0.2) is 9.67 Å². The summed E-state index contributed by atoms with van der Waals surface area (Å²) in [5.41, 5.74) is 1.94. The molecule has 4 rings (SSSR count). The molecule has 1 aromatic heterocycles. The average molecular weight is 391 g/mol. The summed E-state index contributed by atoms with van der Waals surface area (Å²) in [7, 11) is 3.32. The molecular weight excluding hydrogens is 370 g/mol. The first kappa shape index (κ1) is 18.9. The fraction of sp³-hybridized carbons (Fsp3) is 0.227. The van der Waals surface area contributed by atoms with Gasteiger partial charge >= 0.3 is 0 Å². The van der Waals surface area contributed by atoms with Crippen molar-refractivity contribution in [2.75, 3.05) is 7.11 Å². The van der Waals surface area contributed by atoms with Gasteiger partial charge in [-0.15, -0.1) is 0 Å². The molecule has 2 aromatic carbocycles. The first-order valence-electron chi connectivity index (χ1n) is 9.23. The largest absolute Gasteiger partial charge is 0.497 e. The van der Waals surface area contributed by atoms with Gasteiger partial charge in [0.1, 0.15) is 17.6 Å². The summed E-state index contributed by atoms with van der Waals surface area (Å²) in [6, 6.07) is 16.1. The second kappa shape index (κ2) is 7.18. The Morgan fingerprint density at radius 3 is 2.28 bits per heavy atom. The van der Waals surface area contributed by atoms with E-state index in [4.69, 9.17) is 4.74 Å². The molecule has 1 aliphatic carbocycles. The van der Waals surface area contributed by atoms with Crippen molar-refractivity contribution in [2.45, 2.75) is 18.9 Å². The molecule has 0 bridgehead atoms. The Morgan fingerprint density at radius 2 is 1.69 bits per heavy atom. The number of aromatic nitrogens is 2. The SMILES string of the molecule is COc1ccc(N=C2C(=O)C(c3c(C)n(C)n(-c4ccccc4)c3=O)C2O)cc1. The van der Waals surface area contributed by atoms with E-state index in [-0.39, 0.29) is 17.1 Å². The van der Waals surface area contributed by atoms with Gasteiger partial charge in [0.25, 0.3) is 5.56 Å². The van der Waals surface area contributed by atoms with Gasteiger partial charge in [0.2, 0.25) is 0 Å². The maximum Gasteiger partial charge on any atom is 0.275 e. The number of rotatable bonds is 4. The number of methoxy groups -OCH3 is 1. The van der Waals surface area contributed by atoms with Crippen molar-refractivity contribution in [1.82, 2.24) is 9.36 Å². The van der Waals surface area contributed by atoms with Crippen LogP contribution in [0.4, 0.5) is 5.69 Å². The molecule has 1 N–H and O–H groups in total. The summed E-state index contributed by atoms with van der Waals surface area (Å²) < 4.78 is 8.31. The standard InChI is InChI=1S/C22H21N3O4/c1-13-17(22(28)25(24(13)2)15-7-5-4-6-8-15)18-20(26)19(21(18)27)23-14-9-11-16(29-3)12-10-14/h4-12,18,20,26H,1-3H3. The van der Waals surface area contributed by atoms with Crippen molar-refractivity contribution in [2.24, 2.45) is 12.0 Å². The normalized spacial score (nSPS) is 20.0. The number of Topliss-reactive ketones (excluding diaryl/α,β-unsaturated/α-hetero) is 1. The Labute approximate surface area is 167 Å². The zero-order valence-corrected chi connectivity index (χ0v) is 16.4. The molecule has 0 amide bonds. The van der Waals surface area contributed by atoms with Crippen molar-refractivity contribution in [3.05, 3.63) is 76.2 Å². The van der Waals surface area contributed by atoms with Crippen molar-refractivity contribution >= 4 is 17.2 Å². The summed E-state index contributed by atoms with van der Waals surface area (Å²) in [4.78, 5) is 30.2. The van der Waals surface area contributed by atoms with Crippen LogP contribution in [0.2, 0.25) is 0 Å².